The Kier molecular flexibility index (Phi) is 2.70. The lowest BCUT2D eigenvalue weighted by atomic mass is 9.84. The Labute approximate surface area is 91.6 Å². The molecule has 0 aromatic heterocycles. The molecule has 1 aromatic rings. The second-order valence-electron chi connectivity index (χ2n) is 4.47. The smallest absolute Gasteiger partial charge is 0.122 e. The predicted octanol–water partition coefficient (Wildman–Crippen LogP) is 2.59. The van der Waals surface area contributed by atoms with Gasteiger partial charge in [0.25, 0.3) is 0 Å². The lowest BCUT2D eigenvalue weighted by Crippen LogP contribution is -2.44. The lowest BCUT2D eigenvalue weighted by Gasteiger charge is -2.37. The van der Waals surface area contributed by atoms with E-state index < -0.39 is 0 Å². The van der Waals surface area contributed by atoms with Crippen LogP contribution in [0.15, 0.2) is 12.1 Å². The zero-order chi connectivity index (χ0) is 11.0. The summed E-state index contributed by atoms with van der Waals surface area (Å²) in [6.45, 7) is 7.73. The summed E-state index contributed by atoms with van der Waals surface area (Å²) in [7, 11) is 1.73. The van der Waals surface area contributed by atoms with Crippen molar-refractivity contribution in [2.45, 2.75) is 26.8 Å². The molecule has 0 bridgehead atoms. The van der Waals surface area contributed by atoms with E-state index in [9.17, 15) is 0 Å². The Morgan fingerprint density at radius 3 is 2.47 bits per heavy atom. The van der Waals surface area contributed by atoms with Crippen molar-refractivity contribution in [3.63, 3.8) is 0 Å². The van der Waals surface area contributed by atoms with E-state index in [1.165, 1.54) is 16.7 Å². The fourth-order valence-corrected chi connectivity index (χ4v) is 2.26. The summed E-state index contributed by atoms with van der Waals surface area (Å²) in [5.74, 6) is 1.74. The third-order valence-corrected chi connectivity index (χ3v) is 3.56. The first kappa shape index (κ1) is 10.5. The summed E-state index contributed by atoms with van der Waals surface area (Å²) in [6, 6.07) is 4.80. The molecule has 2 atom stereocenters. The molecular weight excluding hydrogens is 186 g/mol. The van der Waals surface area contributed by atoms with Gasteiger partial charge in [0.15, 0.2) is 0 Å². The van der Waals surface area contributed by atoms with Crippen LogP contribution in [0.2, 0.25) is 0 Å². The molecule has 0 spiro atoms. The van der Waals surface area contributed by atoms with E-state index in [0.717, 1.165) is 18.2 Å². The second-order valence-corrected chi connectivity index (χ2v) is 4.47. The molecule has 1 saturated heterocycles. The summed E-state index contributed by atoms with van der Waals surface area (Å²) in [4.78, 5) is 0. The minimum absolute atomic E-state index is 0.537. The summed E-state index contributed by atoms with van der Waals surface area (Å²) >= 11 is 0. The molecular formula is C13H19NO. The lowest BCUT2D eigenvalue weighted by molar-refractivity contribution is 0.257. The van der Waals surface area contributed by atoms with Crippen LogP contribution in [-0.4, -0.2) is 13.7 Å². The number of ether oxygens (including phenoxy) is 1. The summed E-state index contributed by atoms with van der Waals surface area (Å²) in [5.41, 5.74) is 4.04. The molecule has 0 radical (unpaired) electrons. The van der Waals surface area contributed by atoms with Crippen LogP contribution in [0.5, 0.6) is 5.75 Å². The van der Waals surface area contributed by atoms with Gasteiger partial charge in [0.1, 0.15) is 5.75 Å². The highest BCUT2D eigenvalue weighted by Gasteiger charge is 2.29. The molecule has 0 saturated carbocycles. The Hall–Kier alpha value is -1.02. The van der Waals surface area contributed by atoms with E-state index in [2.05, 4.69) is 38.2 Å². The minimum atomic E-state index is 0.537. The molecule has 1 aliphatic rings. The van der Waals surface area contributed by atoms with Crippen LogP contribution in [0.3, 0.4) is 0 Å². The maximum Gasteiger partial charge on any atom is 0.122 e. The number of nitrogens with one attached hydrogen (secondary N) is 1. The molecule has 2 heteroatoms. The zero-order valence-corrected chi connectivity index (χ0v) is 9.92. The maximum atomic E-state index is 5.32. The van der Waals surface area contributed by atoms with E-state index in [1.54, 1.807) is 7.11 Å². The van der Waals surface area contributed by atoms with Crippen LogP contribution < -0.4 is 10.1 Å². The van der Waals surface area contributed by atoms with Crippen molar-refractivity contribution in [2.24, 2.45) is 5.92 Å². The molecule has 0 amide bonds. The van der Waals surface area contributed by atoms with Gasteiger partial charge >= 0.3 is 0 Å². The molecule has 15 heavy (non-hydrogen) atoms. The summed E-state index contributed by atoms with van der Waals surface area (Å²) in [5, 5.41) is 3.48. The van der Waals surface area contributed by atoms with Gasteiger partial charge in [0, 0.05) is 12.6 Å². The van der Waals surface area contributed by atoms with Crippen LogP contribution >= 0.6 is 0 Å². The maximum absolute atomic E-state index is 5.32. The second kappa shape index (κ2) is 3.86. The van der Waals surface area contributed by atoms with Gasteiger partial charge in [-0.05, 0) is 42.5 Å². The Morgan fingerprint density at radius 1 is 1.27 bits per heavy atom. The van der Waals surface area contributed by atoms with Crippen LogP contribution in [0.1, 0.15) is 29.7 Å². The van der Waals surface area contributed by atoms with Crippen molar-refractivity contribution in [1.82, 2.24) is 5.32 Å². The van der Waals surface area contributed by atoms with Gasteiger partial charge in [-0.25, -0.2) is 0 Å². The third-order valence-electron chi connectivity index (χ3n) is 3.56. The molecule has 1 fully saturated rings. The van der Waals surface area contributed by atoms with E-state index in [1.807, 2.05) is 0 Å². The van der Waals surface area contributed by atoms with Gasteiger partial charge in [-0.2, -0.15) is 0 Å². The molecule has 1 aliphatic heterocycles. The van der Waals surface area contributed by atoms with Gasteiger partial charge in [0.05, 0.1) is 7.11 Å². The molecule has 0 aliphatic carbocycles. The largest absolute Gasteiger partial charge is 0.496 e. The fourth-order valence-electron chi connectivity index (χ4n) is 2.26. The average molecular weight is 205 g/mol. The normalized spacial score (nSPS) is 24.8. The Morgan fingerprint density at radius 2 is 2.00 bits per heavy atom. The monoisotopic (exact) mass is 205 g/mol. The fraction of sp³-hybridized carbons (Fsp3) is 0.538. The van der Waals surface area contributed by atoms with Crippen molar-refractivity contribution < 1.29 is 4.74 Å². The van der Waals surface area contributed by atoms with Gasteiger partial charge < -0.3 is 10.1 Å². The van der Waals surface area contributed by atoms with Gasteiger partial charge in [-0.1, -0.05) is 13.0 Å². The number of hydrogen-bond donors (Lipinski definition) is 1. The van der Waals surface area contributed by atoms with Crippen LogP contribution in [0.4, 0.5) is 0 Å². The molecule has 1 N–H and O–H groups in total. The number of benzene rings is 1. The Bertz CT molecular complexity index is 373. The first-order valence-corrected chi connectivity index (χ1v) is 5.52. The molecule has 2 rings (SSSR count). The highest BCUT2D eigenvalue weighted by molar-refractivity contribution is 5.45. The van der Waals surface area contributed by atoms with Crippen LogP contribution in [0, 0.1) is 19.8 Å². The van der Waals surface area contributed by atoms with Gasteiger partial charge in [0.2, 0.25) is 0 Å². The summed E-state index contributed by atoms with van der Waals surface area (Å²) in [6.07, 6.45) is 0. The third kappa shape index (κ3) is 1.63. The van der Waals surface area contributed by atoms with Crippen molar-refractivity contribution in [2.75, 3.05) is 13.7 Å². The highest BCUT2D eigenvalue weighted by Crippen LogP contribution is 2.34. The molecule has 2 unspecified atom stereocenters. The standard InChI is InChI=1S/C13H19NO/c1-8-7-14-13(8)11-5-6-12(15-4)10(3)9(11)2/h5-6,8,13-14H,7H2,1-4H3. The quantitative estimate of drug-likeness (QED) is 0.801. The first-order valence-electron chi connectivity index (χ1n) is 5.52. The molecule has 1 heterocycles. The van der Waals surface area contributed by atoms with E-state index in [0.29, 0.717) is 6.04 Å². The van der Waals surface area contributed by atoms with Crippen molar-refractivity contribution in [3.05, 3.63) is 28.8 Å². The first-order chi connectivity index (χ1) is 7.15. The van der Waals surface area contributed by atoms with Crippen molar-refractivity contribution in [3.8, 4) is 5.75 Å². The van der Waals surface area contributed by atoms with Crippen LogP contribution in [0.25, 0.3) is 0 Å². The zero-order valence-electron chi connectivity index (χ0n) is 9.92. The van der Waals surface area contributed by atoms with Gasteiger partial charge in [-0.15, -0.1) is 0 Å². The molecule has 2 nitrogen and oxygen atoms in total. The Balaban J connectivity index is 2.37. The minimum Gasteiger partial charge on any atom is -0.496 e. The number of hydrogen-bond acceptors (Lipinski definition) is 2. The van der Waals surface area contributed by atoms with Gasteiger partial charge in [-0.3, -0.25) is 0 Å². The molecule has 1 aromatic carbocycles. The van der Waals surface area contributed by atoms with Crippen LogP contribution in [-0.2, 0) is 0 Å². The predicted molar refractivity (Wildman–Crippen MR) is 62.4 cm³/mol. The van der Waals surface area contributed by atoms with E-state index in [4.69, 9.17) is 4.74 Å². The van der Waals surface area contributed by atoms with Crippen molar-refractivity contribution >= 4 is 0 Å². The summed E-state index contributed by atoms with van der Waals surface area (Å²) < 4.78 is 5.32. The van der Waals surface area contributed by atoms with E-state index in [-0.39, 0.29) is 0 Å². The van der Waals surface area contributed by atoms with E-state index >= 15 is 0 Å². The highest BCUT2D eigenvalue weighted by atomic mass is 16.5. The topological polar surface area (TPSA) is 21.3 Å². The number of methoxy groups -OCH3 is 1. The van der Waals surface area contributed by atoms with Crippen molar-refractivity contribution in [1.29, 1.82) is 0 Å². The average Bonchev–Trinajstić information content (AvgIpc) is 2.23. The number of rotatable bonds is 2. The molecule has 82 valence electrons. The SMILES string of the molecule is COc1ccc(C2NCC2C)c(C)c1C.